The van der Waals surface area contributed by atoms with Crippen LogP contribution in [0.2, 0.25) is 0 Å². The van der Waals surface area contributed by atoms with E-state index < -0.39 is 0 Å². The highest BCUT2D eigenvalue weighted by Crippen LogP contribution is 1.91. The van der Waals surface area contributed by atoms with E-state index in [-0.39, 0.29) is 18.3 Å². The Morgan fingerprint density at radius 1 is 1.73 bits per heavy atom. The summed E-state index contributed by atoms with van der Waals surface area (Å²) in [6.45, 7) is 2.79. The van der Waals surface area contributed by atoms with Gasteiger partial charge in [-0.3, -0.25) is 10.2 Å². The maximum Gasteiger partial charge on any atom is 0.222 e. The van der Waals surface area contributed by atoms with Crippen LogP contribution in [0.15, 0.2) is 11.6 Å². The van der Waals surface area contributed by atoms with Crippen LogP contribution >= 0.6 is 0 Å². The third-order valence-electron chi connectivity index (χ3n) is 1.14. The Balaban J connectivity index is 4.12. The molecule has 11 heavy (non-hydrogen) atoms. The van der Waals surface area contributed by atoms with Crippen LogP contribution < -0.4 is 5.32 Å². The second-order valence-corrected chi connectivity index (χ2v) is 2.03. The molecule has 0 fully saturated rings. The molecule has 0 aliphatic rings. The molecule has 0 radical (unpaired) electrons. The fourth-order valence-corrected chi connectivity index (χ4v) is 0.571. The van der Waals surface area contributed by atoms with E-state index in [1.165, 1.54) is 6.92 Å². The van der Waals surface area contributed by atoms with Crippen molar-refractivity contribution in [2.45, 2.75) is 13.8 Å². The van der Waals surface area contributed by atoms with E-state index in [0.717, 1.165) is 0 Å². The summed E-state index contributed by atoms with van der Waals surface area (Å²) in [4.78, 5) is 10.4. The number of rotatable bonds is 2. The quantitative estimate of drug-likeness (QED) is 0.390. The first-order valence-corrected chi connectivity index (χ1v) is 3.24. The molecule has 1 amide bonds. The van der Waals surface area contributed by atoms with Gasteiger partial charge in [-0.25, -0.2) is 0 Å². The van der Waals surface area contributed by atoms with Crippen molar-refractivity contribution in [2.24, 2.45) is 0 Å². The first-order chi connectivity index (χ1) is 5.11. The van der Waals surface area contributed by atoms with Crippen molar-refractivity contribution in [2.75, 3.05) is 6.61 Å². The molecular weight excluding hydrogens is 144 g/mol. The molecule has 0 aromatic carbocycles. The van der Waals surface area contributed by atoms with Crippen LogP contribution in [-0.4, -0.2) is 23.5 Å². The molecule has 0 aliphatic heterocycles. The number of nitrogens with one attached hydrogen (secondary N) is 2. The van der Waals surface area contributed by atoms with Crippen LogP contribution in [0, 0.1) is 5.41 Å². The Morgan fingerprint density at radius 3 is 2.55 bits per heavy atom. The number of amides is 1. The number of hydrogen-bond acceptors (Lipinski definition) is 3. The zero-order valence-electron chi connectivity index (χ0n) is 6.64. The maximum atomic E-state index is 10.4. The summed E-state index contributed by atoms with van der Waals surface area (Å²) in [6, 6.07) is 0. The first kappa shape index (κ1) is 9.84. The largest absolute Gasteiger partial charge is 0.392 e. The topological polar surface area (TPSA) is 73.2 Å². The fourth-order valence-electron chi connectivity index (χ4n) is 0.571. The molecule has 0 saturated heterocycles. The van der Waals surface area contributed by atoms with E-state index in [2.05, 4.69) is 5.32 Å². The highest BCUT2D eigenvalue weighted by atomic mass is 16.3. The molecule has 0 spiro atoms. The van der Waals surface area contributed by atoms with Gasteiger partial charge >= 0.3 is 0 Å². The van der Waals surface area contributed by atoms with Gasteiger partial charge in [-0.05, 0) is 6.92 Å². The van der Waals surface area contributed by atoms with Gasteiger partial charge in [0.05, 0.1) is 6.61 Å². The number of aliphatic hydroxyl groups is 1. The van der Waals surface area contributed by atoms with Gasteiger partial charge in [0.1, 0.15) is 5.84 Å². The minimum Gasteiger partial charge on any atom is -0.392 e. The predicted molar refractivity (Wildman–Crippen MR) is 42.4 cm³/mol. The summed E-state index contributed by atoms with van der Waals surface area (Å²) < 4.78 is 0. The average molecular weight is 156 g/mol. The molecule has 3 N–H and O–H groups in total. The molecule has 4 nitrogen and oxygen atoms in total. The summed E-state index contributed by atoms with van der Waals surface area (Å²) in [6.07, 6.45) is 1.58. The lowest BCUT2D eigenvalue weighted by Crippen LogP contribution is -2.29. The van der Waals surface area contributed by atoms with Gasteiger partial charge in [-0.1, -0.05) is 6.08 Å². The monoisotopic (exact) mass is 156 g/mol. The van der Waals surface area contributed by atoms with Crippen LogP contribution in [0.4, 0.5) is 0 Å². The highest BCUT2D eigenvalue weighted by molar-refractivity contribution is 6.05. The molecular formula is C7H12N2O2. The predicted octanol–water partition coefficient (Wildman–Crippen LogP) is 0.0384. The summed E-state index contributed by atoms with van der Waals surface area (Å²) in [5, 5.41) is 18.1. The smallest absolute Gasteiger partial charge is 0.222 e. The molecule has 62 valence electrons. The van der Waals surface area contributed by atoms with Crippen LogP contribution in [0.25, 0.3) is 0 Å². The number of allylic oxidation sites excluding steroid dienone is 1. The van der Waals surface area contributed by atoms with Crippen molar-refractivity contribution in [1.29, 1.82) is 5.41 Å². The second kappa shape index (κ2) is 4.62. The van der Waals surface area contributed by atoms with Crippen LogP contribution in [0.5, 0.6) is 0 Å². The lowest BCUT2D eigenvalue weighted by atomic mass is 10.2. The zero-order chi connectivity index (χ0) is 8.85. The third-order valence-corrected chi connectivity index (χ3v) is 1.14. The molecule has 0 rings (SSSR count). The lowest BCUT2D eigenvalue weighted by Gasteiger charge is -2.04. The number of carbonyl (C=O) groups is 1. The van der Waals surface area contributed by atoms with Crippen molar-refractivity contribution < 1.29 is 9.90 Å². The van der Waals surface area contributed by atoms with Gasteiger partial charge < -0.3 is 10.4 Å². The molecule has 0 aromatic rings. The Labute approximate surface area is 65.4 Å². The highest BCUT2D eigenvalue weighted by Gasteiger charge is 2.02. The van der Waals surface area contributed by atoms with Crippen molar-refractivity contribution in [3.05, 3.63) is 11.6 Å². The van der Waals surface area contributed by atoms with Crippen molar-refractivity contribution in [1.82, 2.24) is 5.32 Å². The van der Waals surface area contributed by atoms with Crippen molar-refractivity contribution in [3.8, 4) is 0 Å². The molecule has 0 bridgehead atoms. The van der Waals surface area contributed by atoms with E-state index in [1.54, 1.807) is 13.0 Å². The SMILES string of the molecule is C/C=C(/CO)C(=N)NC(C)=O. The first-order valence-electron chi connectivity index (χ1n) is 3.24. The number of hydrogen-bond donors (Lipinski definition) is 3. The van der Waals surface area contributed by atoms with Gasteiger partial charge in [-0.2, -0.15) is 0 Å². The van der Waals surface area contributed by atoms with Gasteiger partial charge in [0.25, 0.3) is 0 Å². The average Bonchev–Trinajstić information content (AvgIpc) is 1.88. The van der Waals surface area contributed by atoms with Gasteiger partial charge in [-0.15, -0.1) is 0 Å². The van der Waals surface area contributed by atoms with Gasteiger partial charge in [0.15, 0.2) is 0 Å². The van der Waals surface area contributed by atoms with Crippen LogP contribution in [0.3, 0.4) is 0 Å². The van der Waals surface area contributed by atoms with Crippen molar-refractivity contribution >= 4 is 11.7 Å². The molecule has 0 atom stereocenters. The minimum absolute atomic E-state index is 0.0394. The summed E-state index contributed by atoms with van der Waals surface area (Å²) in [5.74, 6) is -0.342. The Morgan fingerprint density at radius 2 is 2.27 bits per heavy atom. The Bertz CT molecular complexity index is 197. The van der Waals surface area contributed by atoms with E-state index in [1.807, 2.05) is 0 Å². The van der Waals surface area contributed by atoms with Gasteiger partial charge in [0.2, 0.25) is 5.91 Å². The van der Waals surface area contributed by atoms with Crippen LogP contribution in [-0.2, 0) is 4.79 Å². The van der Waals surface area contributed by atoms with Gasteiger partial charge in [0, 0.05) is 12.5 Å². The summed E-state index contributed by atoms with van der Waals surface area (Å²) in [7, 11) is 0. The normalized spacial score (nSPS) is 11.0. The van der Waals surface area contributed by atoms with Crippen LogP contribution in [0.1, 0.15) is 13.8 Å². The molecule has 0 saturated carbocycles. The molecule has 0 heterocycles. The third kappa shape index (κ3) is 3.52. The molecule has 0 unspecified atom stereocenters. The number of amidine groups is 1. The number of carbonyl (C=O) groups excluding carboxylic acids is 1. The van der Waals surface area contributed by atoms with E-state index in [9.17, 15) is 4.79 Å². The molecule has 4 heteroatoms. The molecule has 0 aromatic heterocycles. The second-order valence-electron chi connectivity index (χ2n) is 2.03. The molecule has 0 aliphatic carbocycles. The summed E-state index contributed by atoms with van der Waals surface area (Å²) in [5.41, 5.74) is 0.417. The summed E-state index contributed by atoms with van der Waals surface area (Å²) >= 11 is 0. The van der Waals surface area contributed by atoms with E-state index >= 15 is 0 Å². The Hall–Kier alpha value is -1.16. The van der Waals surface area contributed by atoms with E-state index in [0.29, 0.717) is 5.57 Å². The zero-order valence-corrected chi connectivity index (χ0v) is 6.64. The Kier molecular flexibility index (Phi) is 4.14. The maximum absolute atomic E-state index is 10.4. The van der Waals surface area contributed by atoms with E-state index in [4.69, 9.17) is 10.5 Å². The fraction of sp³-hybridized carbons (Fsp3) is 0.429. The minimum atomic E-state index is -0.303. The standard InChI is InChI=1S/C7H12N2O2/c1-3-6(4-10)7(8)9-5(2)11/h3,10H,4H2,1-2H3,(H2,8,9,11)/b6-3-. The van der Waals surface area contributed by atoms with Crippen molar-refractivity contribution in [3.63, 3.8) is 0 Å². The lowest BCUT2D eigenvalue weighted by molar-refractivity contribution is -0.117. The number of aliphatic hydroxyl groups excluding tert-OH is 1.